The monoisotopic (exact) mass is 449 g/mol. The maximum atomic E-state index is 13.1. The van der Waals surface area contributed by atoms with Gasteiger partial charge in [-0.2, -0.15) is 0 Å². The molecule has 0 bridgehead atoms. The van der Waals surface area contributed by atoms with Crippen molar-refractivity contribution >= 4 is 29.0 Å². The summed E-state index contributed by atoms with van der Waals surface area (Å²) >= 11 is 0. The highest BCUT2D eigenvalue weighted by Gasteiger charge is 2.53. The Kier molecular flexibility index (Phi) is 5.78. The molecule has 7 heteroatoms. The first-order valence-corrected chi connectivity index (χ1v) is 11.2. The summed E-state index contributed by atoms with van der Waals surface area (Å²) in [5.74, 6) is 0.0197. The Morgan fingerprint density at radius 3 is 2.61 bits per heavy atom. The van der Waals surface area contributed by atoms with Crippen LogP contribution in [0.2, 0.25) is 0 Å². The van der Waals surface area contributed by atoms with Crippen molar-refractivity contribution in [3.63, 3.8) is 0 Å². The highest BCUT2D eigenvalue weighted by Crippen LogP contribution is 2.44. The van der Waals surface area contributed by atoms with E-state index in [1.165, 1.54) is 19.6 Å². The molecule has 0 radical (unpaired) electrons. The Morgan fingerprint density at radius 2 is 1.94 bits per heavy atom. The molecule has 2 amide bonds. The molecule has 0 saturated carbocycles. The number of nitrogens with one attached hydrogen (secondary N) is 3. The van der Waals surface area contributed by atoms with Gasteiger partial charge in [-0.1, -0.05) is 32.9 Å². The van der Waals surface area contributed by atoms with Crippen LogP contribution in [0.4, 0.5) is 11.4 Å². The molecule has 7 nitrogen and oxygen atoms in total. The van der Waals surface area contributed by atoms with E-state index in [4.69, 9.17) is 4.74 Å². The first-order chi connectivity index (χ1) is 15.5. The van der Waals surface area contributed by atoms with E-state index in [1.54, 1.807) is 18.2 Å². The van der Waals surface area contributed by atoms with E-state index in [9.17, 15) is 14.4 Å². The third-order valence-electron chi connectivity index (χ3n) is 6.40. The fourth-order valence-corrected chi connectivity index (χ4v) is 4.77. The molecule has 2 aliphatic rings. The number of methoxy groups -OCH3 is 1. The van der Waals surface area contributed by atoms with Crippen LogP contribution in [0.5, 0.6) is 5.75 Å². The summed E-state index contributed by atoms with van der Waals surface area (Å²) in [6.45, 7) is 8.44. The zero-order chi connectivity index (χ0) is 24.0. The van der Waals surface area contributed by atoms with E-state index < -0.39 is 11.5 Å². The predicted molar refractivity (Wildman–Crippen MR) is 128 cm³/mol. The van der Waals surface area contributed by atoms with Crippen LogP contribution in [0, 0.1) is 5.41 Å². The van der Waals surface area contributed by atoms with Gasteiger partial charge >= 0.3 is 0 Å². The summed E-state index contributed by atoms with van der Waals surface area (Å²) < 4.78 is 5.36. The Balaban J connectivity index is 1.55. The number of fused-ring (bicyclic) bond motifs is 2. The second-order valence-electron chi connectivity index (χ2n) is 10.3. The quantitative estimate of drug-likeness (QED) is 0.605. The van der Waals surface area contributed by atoms with Gasteiger partial charge < -0.3 is 20.7 Å². The second-order valence-corrected chi connectivity index (χ2v) is 10.3. The standard InChI is InChI=1S/C26H31N3O4/c1-15(30)17-7-9-20(22(11-17)33-5)28-23(31)21-13-26(14-27-21)18-10-16(12-25(2,3)4)6-8-19(18)29-24(26)32/h6-11,21,27H,12-14H2,1-5H3,(H,28,31)(H,29,32). The van der Waals surface area contributed by atoms with Crippen LogP contribution in [-0.2, 0) is 21.4 Å². The number of benzene rings is 2. The number of ether oxygens (including phenoxy) is 1. The molecule has 2 unspecified atom stereocenters. The third kappa shape index (κ3) is 4.37. The zero-order valence-electron chi connectivity index (χ0n) is 19.8. The van der Waals surface area contributed by atoms with Gasteiger partial charge in [0.05, 0.1) is 24.3 Å². The van der Waals surface area contributed by atoms with Crippen molar-refractivity contribution in [1.29, 1.82) is 0 Å². The minimum absolute atomic E-state index is 0.0726. The van der Waals surface area contributed by atoms with Gasteiger partial charge in [0.2, 0.25) is 11.8 Å². The Hall–Kier alpha value is -3.19. The first kappa shape index (κ1) is 23.0. The summed E-state index contributed by atoms with van der Waals surface area (Å²) in [5, 5.41) is 9.14. The van der Waals surface area contributed by atoms with Gasteiger partial charge in [-0.15, -0.1) is 0 Å². The summed E-state index contributed by atoms with van der Waals surface area (Å²) in [5.41, 5.74) is 3.31. The van der Waals surface area contributed by atoms with Crippen LogP contribution in [-0.4, -0.2) is 37.3 Å². The molecule has 1 saturated heterocycles. The fraction of sp³-hybridized carbons (Fsp3) is 0.423. The molecule has 4 rings (SSSR count). The normalized spacial score (nSPS) is 21.6. The highest BCUT2D eigenvalue weighted by atomic mass is 16.5. The van der Waals surface area contributed by atoms with Crippen LogP contribution in [0.25, 0.3) is 0 Å². The largest absolute Gasteiger partial charge is 0.495 e. The van der Waals surface area contributed by atoms with Crippen LogP contribution >= 0.6 is 0 Å². The molecule has 33 heavy (non-hydrogen) atoms. The smallest absolute Gasteiger partial charge is 0.241 e. The number of ketones is 1. The van der Waals surface area contributed by atoms with Crippen molar-refractivity contribution < 1.29 is 19.1 Å². The molecule has 2 heterocycles. The Bertz CT molecular complexity index is 1130. The number of rotatable bonds is 5. The van der Waals surface area contributed by atoms with Crippen molar-refractivity contribution in [3.8, 4) is 5.75 Å². The van der Waals surface area contributed by atoms with Gasteiger partial charge in [0, 0.05) is 17.8 Å². The van der Waals surface area contributed by atoms with E-state index >= 15 is 0 Å². The number of Topliss-reactive ketones (excluding diaryl/α,β-unsaturated/α-hetero) is 1. The van der Waals surface area contributed by atoms with E-state index in [0.717, 1.165) is 17.7 Å². The van der Waals surface area contributed by atoms with Gasteiger partial charge in [0.1, 0.15) is 5.75 Å². The van der Waals surface area contributed by atoms with E-state index in [1.807, 2.05) is 6.07 Å². The van der Waals surface area contributed by atoms with Crippen LogP contribution in [0.15, 0.2) is 36.4 Å². The van der Waals surface area contributed by atoms with Gasteiger partial charge in [-0.05, 0) is 60.6 Å². The van der Waals surface area contributed by atoms with Crippen LogP contribution < -0.4 is 20.7 Å². The van der Waals surface area contributed by atoms with Crippen LogP contribution in [0.3, 0.4) is 0 Å². The molecule has 2 aliphatic heterocycles. The average molecular weight is 450 g/mol. The Labute approximate surface area is 194 Å². The first-order valence-electron chi connectivity index (χ1n) is 11.2. The minimum Gasteiger partial charge on any atom is -0.495 e. The summed E-state index contributed by atoms with van der Waals surface area (Å²) in [6.07, 6.45) is 1.27. The third-order valence-corrected chi connectivity index (χ3v) is 6.40. The molecule has 2 aromatic carbocycles. The number of anilines is 2. The zero-order valence-corrected chi connectivity index (χ0v) is 19.8. The number of carbonyl (C=O) groups is 3. The lowest BCUT2D eigenvalue weighted by atomic mass is 9.78. The van der Waals surface area contributed by atoms with Crippen molar-refractivity contribution in [3.05, 3.63) is 53.1 Å². The van der Waals surface area contributed by atoms with Crippen molar-refractivity contribution in [2.24, 2.45) is 5.41 Å². The molecule has 3 N–H and O–H groups in total. The summed E-state index contributed by atoms with van der Waals surface area (Å²) in [6, 6.07) is 10.5. The maximum Gasteiger partial charge on any atom is 0.241 e. The molecule has 2 aromatic rings. The molecule has 0 aromatic heterocycles. The lowest BCUT2D eigenvalue weighted by Gasteiger charge is -2.23. The van der Waals surface area contributed by atoms with Crippen LogP contribution in [0.1, 0.15) is 55.6 Å². The molecule has 1 spiro atoms. The van der Waals surface area contributed by atoms with Gasteiger partial charge in [0.15, 0.2) is 5.78 Å². The number of amides is 2. The molecule has 0 aliphatic carbocycles. The van der Waals surface area contributed by atoms with Gasteiger partial charge in [-0.25, -0.2) is 0 Å². The number of hydrogen-bond acceptors (Lipinski definition) is 5. The summed E-state index contributed by atoms with van der Waals surface area (Å²) in [4.78, 5) is 37.8. The number of carbonyl (C=O) groups excluding carboxylic acids is 3. The predicted octanol–water partition coefficient (Wildman–Crippen LogP) is 3.68. The van der Waals surface area contributed by atoms with Crippen molar-refractivity contribution in [2.45, 2.75) is 52.0 Å². The van der Waals surface area contributed by atoms with E-state index in [0.29, 0.717) is 30.0 Å². The number of hydrogen-bond donors (Lipinski definition) is 3. The minimum atomic E-state index is -0.770. The lowest BCUT2D eigenvalue weighted by molar-refractivity contribution is -0.120. The van der Waals surface area contributed by atoms with E-state index in [-0.39, 0.29) is 23.0 Å². The SMILES string of the molecule is COc1cc(C(C)=O)ccc1NC(=O)C1CC2(CN1)C(=O)Nc1ccc(CC(C)(C)C)cc12. The molecule has 2 atom stereocenters. The molecular formula is C26H31N3O4. The topological polar surface area (TPSA) is 96.5 Å². The molecular weight excluding hydrogens is 418 g/mol. The van der Waals surface area contributed by atoms with E-state index in [2.05, 4.69) is 48.9 Å². The maximum absolute atomic E-state index is 13.1. The van der Waals surface area contributed by atoms with Gasteiger partial charge in [0.25, 0.3) is 0 Å². The van der Waals surface area contributed by atoms with Crippen molar-refractivity contribution in [2.75, 3.05) is 24.3 Å². The fourth-order valence-electron chi connectivity index (χ4n) is 4.77. The highest BCUT2D eigenvalue weighted by molar-refractivity contribution is 6.08. The summed E-state index contributed by atoms with van der Waals surface area (Å²) in [7, 11) is 1.49. The van der Waals surface area contributed by atoms with Crippen molar-refractivity contribution in [1.82, 2.24) is 5.32 Å². The second kappa shape index (κ2) is 8.30. The molecule has 1 fully saturated rings. The van der Waals surface area contributed by atoms with Gasteiger partial charge in [-0.3, -0.25) is 14.4 Å². The average Bonchev–Trinajstić information content (AvgIpc) is 3.30. The Morgan fingerprint density at radius 1 is 1.18 bits per heavy atom. The lowest BCUT2D eigenvalue weighted by Crippen LogP contribution is -2.36. The molecule has 174 valence electrons.